The fraction of sp³-hybridized carbons (Fsp3) is 0.500. The van der Waals surface area contributed by atoms with E-state index in [-0.39, 0.29) is 12.3 Å². The molecule has 18 heavy (non-hydrogen) atoms. The number of rotatable bonds is 6. The Morgan fingerprint density at radius 3 is 2.61 bits per heavy atom. The Morgan fingerprint density at radius 2 is 2.06 bits per heavy atom. The number of hydrogen-bond acceptors (Lipinski definition) is 3. The van der Waals surface area contributed by atoms with Gasteiger partial charge in [-0.3, -0.25) is 0 Å². The highest BCUT2D eigenvalue weighted by molar-refractivity contribution is 7.89. The van der Waals surface area contributed by atoms with E-state index in [1.807, 2.05) is 13.8 Å². The Kier molecular flexibility index (Phi) is 5.44. The van der Waals surface area contributed by atoms with Crippen molar-refractivity contribution in [1.82, 2.24) is 4.72 Å². The second-order valence-electron chi connectivity index (χ2n) is 4.05. The first-order chi connectivity index (χ1) is 8.39. The number of benzene rings is 1. The molecule has 0 aromatic heterocycles. The van der Waals surface area contributed by atoms with E-state index in [0.29, 0.717) is 17.2 Å². The summed E-state index contributed by atoms with van der Waals surface area (Å²) in [5.74, 6) is 0.755. The third-order valence-electron chi connectivity index (χ3n) is 2.52. The molecule has 0 spiro atoms. The quantitative estimate of drug-likeness (QED) is 0.876. The molecule has 1 N–H and O–H groups in total. The van der Waals surface area contributed by atoms with E-state index in [9.17, 15) is 8.42 Å². The van der Waals surface area contributed by atoms with Gasteiger partial charge in [0.2, 0.25) is 10.0 Å². The predicted octanol–water partition coefficient (Wildman–Crippen LogP) is 2.49. The maximum absolute atomic E-state index is 11.6. The number of aryl methyl sites for hydroxylation is 1. The second-order valence-corrected chi connectivity index (χ2v) is 6.39. The third-order valence-corrected chi connectivity index (χ3v) is 4.45. The van der Waals surface area contributed by atoms with Crippen molar-refractivity contribution >= 4 is 21.6 Å². The number of nitrogens with one attached hydrogen (secondary N) is 1. The SMILES string of the molecule is CCCS(=O)(=O)NCc1cc(Cl)c(C)cc1OC. The lowest BCUT2D eigenvalue weighted by molar-refractivity contribution is 0.409. The van der Waals surface area contributed by atoms with Crippen molar-refractivity contribution in [2.75, 3.05) is 12.9 Å². The number of ether oxygens (including phenoxy) is 1. The largest absolute Gasteiger partial charge is 0.496 e. The lowest BCUT2D eigenvalue weighted by atomic mass is 10.1. The van der Waals surface area contributed by atoms with Crippen LogP contribution in [0, 0.1) is 6.92 Å². The van der Waals surface area contributed by atoms with Crippen LogP contribution in [0.2, 0.25) is 5.02 Å². The number of hydrogen-bond donors (Lipinski definition) is 1. The molecule has 0 aliphatic heterocycles. The van der Waals surface area contributed by atoms with Crippen LogP contribution in [0.3, 0.4) is 0 Å². The van der Waals surface area contributed by atoms with Crippen LogP contribution in [0.1, 0.15) is 24.5 Å². The standard InChI is InChI=1S/C12H18ClNO3S/c1-4-5-18(15,16)14-8-10-7-11(13)9(2)6-12(10)17-3/h6-7,14H,4-5,8H2,1-3H3. The molecule has 0 unspecified atom stereocenters. The topological polar surface area (TPSA) is 55.4 Å². The van der Waals surface area contributed by atoms with Crippen molar-refractivity contribution in [2.45, 2.75) is 26.8 Å². The van der Waals surface area contributed by atoms with E-state index in [2.05, 4.69) is 4.72 Å². The minimum absolute atomic E-state index is 0.120. The molecule has 0 heterocycles. The van der Waals surface area contributed by atoms with Gasteiger partial charge in [-0.1, -0.05) is 18.5 Å². The minimum Gasteiger partial charge on any atom is -0.496 e. The van der Waals surface area contributed by atoms with Crippen LogP contribution in [0.25, 0.3) is 0 Å². The molecule has 4 nitrogen and oxygen atoms in total. The molecule has 0 atom stereocenters. The molecule has 102 valence electrons. The lowest BCUT2D eigenvalue weighted by Crippen LogP contribution is -2.25. The number of methoxy groups -OCH3 is 1. The van der Waals surface area contributed by atoms with Crippen LogP contribution >= 0.6 is 11.6 Å². The summed E-state index contributed by atoms with van der Waals surface area (Å²) in [6.07, 6.45) is 0.584. The van der Waals surface area contributed by atoms with E-state index < -0.39 is 10.0 Å². The first-order valence-corrected chi connectivity index (χ1v) is 7.73. The van der Waals surface area contributed by atoms with Crippen molar-refractivity contribution in [3.8, 4) is 5.75 Å². The maximum Gasteiger partial charge on any atom is 0.211 e. The summed E-state index contributed by atoms with van der Waals surface area (Å²) in [4.78, 5) is 0. The van der Waals surface area contributed by atoms with E-state index >= 15 is 0 Å². The first-order valence-electron chi connectivity index (χ1n) is 5.70. The molecule has 1 rings (SSSR count). The molecule has 0 saturated carbocycles. The molecule has 1 aromatic carbocycles. The van der Waals surface area contributed by atoms with Gasteiger partial charge in [-0.15, -0.1) is 0 Å². The average molecular weight is 292 g/mol. The molecule has 0 saturated heterocycles. The van der Waals surface area contributed by atoms with Gasteiger partial charge in [-0.05, 0) is 31.0 Å². The van der Waals surface area contributed by atoms with Gasteiger partial charge in [0.25, 0.3) is 0 Å². The van der Waals surface area contributed by atoms with Crippen LogP contribution in [-0.4, -0.2) is 21.3 Å². The Balaban J connectivity index is 2.88. The van der Waals surface area contributed by atoms with Gasteiger partial charge in [0.15, 0.2) is 0 Å². The number of sulfonamides is 1. The highest BCUT2D eigenvalue weighted by Crippen LogP contribution is 2.26. The first kappa shape index (κ1) is 15.3. The molecule has 6 heteroatoms. The fourth-order valence-corrected chi connectivity index (χ4v) is 2.80. The average Bonchev–Trinajstić information content (AvgIpc) is 2.30. The molecular formula is C12H18ClNO3S. The molecule has 0 amide bonds. The fourth-order valence-electron chi connectivity index (χ4n) is 1.55. The summed E-state index contributed by atoms with van der Waals surface area (Å²) in [5, 5.41) is 0.598. The molecule has 0 bridgehead atoms. The van der Waals surface area contributed by atoms with Crippen LogP contribution in [-0.2, 0) is 16.6 Å². The summed E-state index contributed by atoms with van der Waals surface area (Å²) < 4.78 is 30.9. The smallest absolute Gasteiger partial charge is 0.211 e. The highest BCUT2D eigenvalue weighted by atomic mass is 35.5. The Bertz CT molecular complexity index is 514. The normalized spacial score (nSPS) is 11.6. The van der Waals surface area contributed by atoms with Crippen molar-refractivity contribution in [3.63, 3.8) is 0 Å². The van der Waals surface area contributed by atoms with Gasteiger partial charge in [-0.2, -0.15) is 0 Å². The maximum atomic E-state index is 11.6. The van der Waals surface area contributed by atoms with Crippen molar-refractivity contribution in [1.29, 1.82) is 0 Å². The van der Waals surface area contributed by atoms with Crippen LogP contribution in [0.15, 0.2) is 12.1 Å². The minimum atomic E-state index is -3.23. The summed E-state index contributed by atoms with van der Waals surface area (Å²) in [6, 6.07) is 3.52. The van der Waals surface area contributed by atoms with Gasteiger partial charge in [0.1, 0.15) is 5.75 Å². The van der Waals surface area contributed by atoms with Crippen molar-refractivity contribution < 1.29 is 13.2 Å². The summed E-state index contributed by atoms with van der Waals surface area (Å²) in [5.41, 5.74) is 1.63. The molecule has 0 radical (unpaired) electrons. The van der Waals surface area contributed by atoms with Crippen molar-refractivity contribution in [3.05, 3.63) is 28.3 Å². The number of halogens is 1. The Hall–Kier alpha value is -0.780. The van der Waals surface area contributed by atoms with E-state index in [1.165, 1.54) is 0 Å². The second kappa shape index (κ2) is 6.41. The molecule has 0 aliphatic rings. The highest BCUT2D eigenvalue weighted by Gasteiger charge is 2.12. The van der Waals surface area contributed by atoms with Gasteiger partial charge in [0.05, 0.1) is 12.9 Å². The van der Waals surface area contributed by atoms with E-state index in [1.54, 1.807) is 19.2 Å². The zero-order valence-corrected chi connectivity index (χ0v) is 12.4. The van der Waals surface area contributed by atoms with Crippen LogP contribution in [0.4, 0.5) is 0 Å². The van der Waals surface area contributed by atoms with Crippen LogP contribution < -0.4 is 9.46 Å². The predicted molar refractivity (Wildman–Crippen MR) is 73.7 cm³/mol. The molecule has 1 aromatic rings. The van der Waals surface area contributed by atoms with Gasteiger partial charge < -0.3 is 4.74 Å². The van der Waals surface area contributed by atoms with Gasteiger partial charge in [-0.25, -0.2) is 13.1 Å². The van der Waals surface area contributed by atoms with Crippen molar-refractivity contribution in [2.24, 2.45) is 0 Å². The molecule has 0 aliphatic carbocycles. The summed E-state index contributed by atoms with van der Waals surface area (Å²) >= 11 is 6.02. The third kappa shape index (κ3) is 4.15. The van der Waals surface area contributed by atoms with Gasteiger partial charge in [0, 0.05) is 17.1 Å². The van der Waals surface area contributed by atoms with E-state index in [4.69, 9.17) is 16.3 Å². The Morgan fingerprint density at radius 1 is 1.39 bits per heavy atom. The Labute approximate surface area is 113 Å². The van der Waals surface area contributed by atoms with E-state index in [0.717, 1.165) is 11.1 Å². The zero-order valence-electron chi connectivity index (χ0n) is 10.8. The monoisotopic (exact) mass is 291 g/mol. The molecule has 0 fully saturated rings. The molecular weight excluding hydrogens is 274 g/mol. The lowest BCUT2D eigenvalue weighted by Gasteiger charge is -2.12. The summed E-state index contributed by atoms with van der Waals surface area (Å²) in [7, 11) is -1.68. The van der Waals surface area contributed by atoms with Gasteiger partial charge >= 0.3 is 0 Å². The van der Waals surface area contributed by atoms with Crippen LogP contribution in [0.5, 0.6) is 5.75 Å². The zero-order chi connectivity index (χ0) is 13.8. The summed E-state index contributed by atoms with van der Waals surface area (Å²) in [6.45, 7) is 3.88.